The van der Waals surface area contributed by atoms with Gasteiger partial charge in [0, 0.05) is 25.0 Å². The van der Waals surface area contributed by atoms with Gasteiger partial charge < -0.3 is 0 Å². The van der Waals surface area contributed by atoms with Crippen molar-refractivity contribution in [2.45, 2.75) is 77.6 Å². The average Bonchev–Trinajstić information content (AvgIpc) is 3.56. The van der Waals surface area contributed by atoms with Crippen LogP contribution < -0.4 is 0 Å². The lowest BCUT2D eigenvalue weighted by atomic mass is 9.96. The monoisotopic (exact) mass is 508 g/mol. The maximum atomic E-state index is 2.45. The molecule has 2 heterocycles. The highest BCUT2D eigenvalue weighted by Gasteiger charge is 2.11. The average molecular weight is 509 g/mol. The van der Waals surface area contributed by atoms with E-state index in [-0.39, 0.29) is 0 Å². The summed E-state index contributed by atoms with van der Waals surface area (Å²) in [7, 11) is 0. The second-order valence-electron chi connectivity index (χ2n) is 10.4. The first-order chi connectivity index (χ1) is 17.8. The standard InChI is InChI=1S/C34H36S2/c1-2-3-4-5-6-7-8-9-10-11-12-26-23-25-14-16-30-28-17-19-31-29(15-13-24-21-22-35-33(24)31)27(28)18-20-32(30)34(25)36-26/h13-23H,2-12H2,1H3. The molecular formula is C34H36S2. The van der Waals surface area contributed by atoms with Gasteiger partial charge in [-0.3, -0.25) is 0 Å². The number of unbranched alkanes of at least 4 members (excludes halogenated alkanes) is 9. The first-order valence-corrected chi connectivity index (χ1v) is 15.7. The van der Waals surface area contributed by atoms with Gasteiger partial charge in [0.2, 0.25) is 0 Å². The third-order valence-corrected chi connectivity index (χ3v) is 10.1. The van der Waals surface area contributed by atoms with Crippen LogP contribution in [0.1, 0.15) is 76.0 Å². The Balaban J connectivity index is 1.18. The van der Waals surface area contributed by atoms with Crippen molar-refractivity contribution in [3.05, 3.63) is 70.9 Å². The molecule has 0 spiro atoms. The Bertz CT molecular complexity index is 1630. The minimum atomic E-state index is 1.23. The van der Waals surface area contributed by atoms with E-state index in [1.165, 1.54) is 123 Å². The number of aryl methyl sites for hydroxylation is 1. The molecule has 6 aromatic rings. The molecule has 0 fully saturated rings. The molecule has 184 valence electrons. The minimum absolute atomic E-state index is 1.23. The summed E-state index contributed by atoms with van der Waals surface area (Å²) in [5.41, 5.74) is 0. The fraction of sp³-hybridized carbons (Fsp3) is 0.353. The number of thiophene rings is 2. The molecule has 0 aliphatic carbocycles. The predicted molar refractivity (Wildman–Crippen MR) is 165 cm³/mol. The number of rotatable bonds is 11. The van der Waals surface area contributed by atoms with Crippen LogP contribution in [0.3, 0.4) is 0 Å². The van der Waals surface area contributed by atoms with Gasteiger partial charge in [0.15, 0.2) is 0 Å². The molecule has 0 aliphatic rings. The maximum absolute atomic E-state index is 2.45. The van der Waals surface area contributed by atoms with Crippen LogP contribution in [0.15, 0.2) is 66.0 Å². The maximum Gasteiger partial charge on any atom is 0.0424 e. The second kappa shape index (κ2) is 10.9. The highest BCUT2D eigenvalue weighted by atomic mass is 32.1. The Morgan fingerprint density at radius 3 is 1.72 bits per heavy atom. The van der Waals surface area contributed by atoms with Crippen molar-refractivity contribution in [1.82, 2.24) is 0 Å². The lowest BCUT2D eigenvalue weighted by Gasteiger charge is -2.09. The van der Waals surface area contributed by atoms with Gasteiger partial charge in [-0.05, 0) is 62.7 Å². The molecule has 2 aromatic heterocycles. The van der Waals surface area contributed by atoms with Crippen LogP contribution in [0.5, 0.6) is 0 Å². The van der Waals surface area contributed by atoms with Crippen LogP contribution in [-0.2, 0) is 6.42 Å². The van der Waals surface area contributed by atoms with E-state index in [9.17, 15) is 0 Å². The molecule has 0 unspecified atom stereocenters. The number of benzene rings is 4. The van der Waals surface area contributed by atoms with E-state index in [2.05, 4.69) is 73.0 Å². The fourth-order valence-corrected chi connectivity index (χ4v) is 8.08. The Kier molecular flexibility index (Phi) is 7.26. The number of hydrogen-bond donors (Lipinski definition) is 0. The zero-order valence-electron chi connectivity index (χ0n) is 21.4. The van der Waals surface area contributed by atoms with Crippen molar-refractivity contribution >= 4 is 75.2 Å². The van der Waals surface area contributed by atoms with Gasteiger partial charge >= 0.3 is 0 Å². The van der Waals surface area contributed by atoms with Crippen LogP contribution in [0.25, 0.3) is 52.5 Å². The number of fused-ring (bicyclic) bond motifs is 9. The van der Waals surface area contributed by atoms with Gasteiger partial charge in [-0.2, -0.15) is 0 Å². The molecule has 0 bridgehead atoms. The zero-order chi connectivity index (χ0) is 24.3. The van der Waals surface area contributed by atoms with Gasteiger partial charge in [0.1, 0.15) is 0 Å². The smallest absolute Gasteiger partial charge is 0.0424 e. The largest absolute Gasteiger partial charge is 0.143 e. The molecule has 0 saturated carbocycles. The van der Waals surface area contributed by atoms with Crippen LogP contribution >= 0.6 is 22.7 Å². The van der Waals surface area contributed by atoms with Gasteiger partial charge in [-0.1, -0.05) is 113 Å². The van der Waals surface area contributed by atoms with Crippen molar-refractivity contribution in [1.29, 1.82) is 0 Å². The molecule has 0 N–H and O–H groups in total. The molecule has 0 saturated heterocycles. The summed E-state index contributed by atoms with van der Waals surface area (Å²) >= 11 is 3.87. The molecule has 4 aromatic carbocycles. The van der Waals surface area contributed by atoms with Crippen molar-refractivity contribution < 1.29 is 0 Å². The highest BCUT2D eigenvalue weighted by Crippen LogP contribution is 2.40. The Labute approximate surface area is 222 Å². The van der Waals surface area contributed by atoms with Crippen LogP contribution in [0.2, 0.25) is 0 Å². The van der Waals surface area contributed by atoms with E-state index in [0.29, 0.717) is 0 Å². The summed E-state index contributed by atoms with van der Waals surface area (Å²) in [4.78, 5) is 1.55. The highest BCUT2D eigenvalue weighted by molar-refractivity contribution is 7.20. The Hall–Kier alpha value is -2.42. The summed E-state index contributed by atoms with van der Waals surface area (Å²) in [6, 6.07) is 23.4. The van der Waals surface area contributed by atoms with E-state index in [0.717, 1.165) is 0 Å². The zero-order valence-corrected chi connectivity index (χ0v) is 23.1. The quantitative estimate of drug-likeness (QED) is 0.121. The summed E-state index contributed by atoms with van der Waals surface area (Å²) in [6.07, 6.45) is 15.2. The van der Waals surface area contributed by atoms with E-state index >= 15 is 0 Å². The first-order valence-electron chi connectivity index (χ1n) is 14.0. The molecule has 0 aliphatic heterocycles. The normalized spacial score (nSPS) is 12.1. The van der Waals surface area contributed by atoms with Gasteiger partial charge in [0.25, 0.3) is 0 Å². The van der Waals surface area contributed by atoms with E-state index in [4.69, 9.17) is 0 Å². The van der Waals surface area contributed by atoms with Crippen molar-refractivity contribution in [2.24, 2.45) is 0 Å². The van der Waals surface area contributed by atoms with Crippen LogP contribution in [0.4, 0.5) is 0 Å². The molecule has 0 atom stereocenters. The topological polar surface area (TPSA) is 0 Å². The van der Waals surface area contributed by atoms with Gasteiger partial charge in [-0.25, -0.2) is 0 Å². The van der Waals surface area contributed by atoms with Gasteiger partial charge in [0.05, 0.1) is 0 Å². The van der Waals surface area contributed by atoms with Crippen molar-refractivity contribution in [2.75, 3.05) is 0 Å². The van der Waals surface area contributed by atoms with Crippen LogP contribution in [0, 0.1) is 0 Å². The molecule has 36 heavy (non-hydrogen) atoms. The van der Waals surface area contributed by atoms with E-state index in [1.807, 2.05) is 22.7 Å². The predicted octanol–water partition coefficient (Wildman–Crippen LogP) is 12.0. The molecule has 6 rings (SSSR count). The first kappa shape index (κ1) is 23.9. The lowest BCUT2D eigenvalue weighted by molar-refractivity contribution is 0.557. The molecule has 0 nitrogen and oxygen atoms in total. The molecule has 2 heteroatoms. The molecule has 0 radical (unpaired) electrons. The summed E-state index contributed by atoms with van der Waals surface area (Å²) in [5.74, 6) is 0. The third-order valence-electron chi connectivity index (χ3n) is 7.92. The lowest BCUT2D eigenvalue weighted by Crippen LogP contribution is -1.84. The second-order valence-corrected chi connectivity index (χ2v) is 12.5. The van der Waals surface area contributed by atoms with E-state index < -0.39 is 0 Å². The fourth-order valence-electron chi connectivity index (χ4n) is 5.93. The molecule has 0 amide bonds. The van der Waals surface area contributed by atoms with Crippen LogP contribution in [-0.4, -0.2) is 0 Å². The third kappa shape index (κ3) is 4.66. The number of hydrogen-bond acceptors (Lipinski definition) is 2. The molecular weight excluding hydrogens is 473 g/mol. The Morgan fingerprint density at radius 2 is 1.03 bits per heavy atom. The summed E-state index contributed by atoms with van der Waals surface area (Å²) in [5, 5.41) is 13.3. The summed E-state index contributed by atoms with van der Waals surface area (Å²) in [6.45, 7) is 2.30. The minimum Gasteiger partial charge on any atom is -0.143 e. The SMILES string of the molecule is CCCCCCCCCCCCc1cc2ccc3c4ccc5c(ccc6ccsc65)c4ccc3c2s1. The van der Waals surface area contributed by atoms with Crippen molar-refractivity contribution in [3.8, 4) is 0 Å². The van der Waals surface area contributed by atoms with Crippen molar-refractivity contribution in [3.63, 3.8) is 0 Å². The summed E-state index contributed by atoms with van der Waals surface area (Å²) < 4.78 is 2.87. The van der Waals surface area contributed by atoms with Gasteiger partial charge in [-0.15, -0.1) is 22.7 Å². The van der Waals surface area contributed by atoms with E-state index in [1.54, 1.807) is 4.88 Å². The Morgan fingerprint density at radius 1 is 0.500 bits per heavy atom.